The molecule has 1 aromatic rings. The number of amides is 1. The Labute approximate surface area is 216 Å². The first kappa shape index (κ1) is 29.8. The van der Waals surface area contributed by atoms with Gasteiger partial charge >= 0.3 is 5.97 Å². The molecule has 0 aromatic heterocycles. The lowest BCUT2D eigenvalue weighted by Gasteiger charge is -2.16. The van der Waals surface area contributed by atoms with E-state index in [9.17, 15) is 24.6 Å². The van der Waals surface area contributed by atoms with Gasteiger partial charge in [0.1, 0.15) is 5.78 Å². The molecule has 0 aliphatic heterocycles. The van der Waals surface area contributed by atoms with Gasteiger partial charge in [0, 0.05) is 31.2 Å². The molecule has 0 bridgehead atoms. The summed E-state index contributed by atoms with van der Waals surface area (Å²) < 4.78 is 0. The molecule has 1 aromatic carbocycles. The number of ketones is 1. The Morgan fingerprint density at radius 2 is 1.83 bits per heavy atom. The number of nitrogens with one attached hydrogen (secondary N) is 1. The van der Waals surface area contributed by atoms with Crippen molar-refractivity contribution in [1.82, 2.24) is 5.32 Å². The van der Waals surface area contributed by atoms with Crippen molar-refractivity contribution in [2.75, 3.05) is 6.54 Å². The van der Waals surface area contributed by atoms with Crippen LogP contribution in [-0.2, 0) is 14.4 Å². The van der Waals surface area contributed by atoms with Crippen molar-refractivity contribution in [3.8, 4) is 0 Å². The van der Waals surface area contributed by atoms with Gasteiger partial charge in [-0.15, -0.1) is 0 Å². The minimum atomic E-state index is -0.875. The number of carbonyl (C=O) groups is 3. The highest BCUT2D eigenvalue weighted by Crippen LogP contribution is 2.34. The molecule has 0 spiro atoms. The SMILES string of the molecule is CCCCC[C@H](O)/C=C/[C@H]1CCC(=O)[C@@H]1CCCCCCC(=O)NC[C@@H](CC(=O)O)c1ccccc1. The first-order valence-electron chi connectivity index (χ1n) is 13.8. The van der Waals surface area contributed by atoms with E-state index in [4.69, 9.17) is 0 Å². The third-order valence-corrected chi connectivity index (χ3v) is 7.24. The molecule has 1 aliphatic carbocycles. The number of allylic oxidation sites excluding steroid dienone is 1. The molecule has 0 radical (unpaired) electrons. The lowest BCUT2D eigenvalue weighted by atomic mass is 9.89. The molecule has 200 valence electrons. The molecule has 0 saturated heterocycles. The second-order valence-corrected chi connectivity index (χ2v) is 10.2. The van der Waals surface area contributed by atoms with Gasteiger partial charge in [-0.1, -0.05) is 87.9 Å². The van der Waals surface area contributed by atoms with E-state index in [0.29, 0.717) is 25.2 Å². The van der Waals surface area contributed by atoms with Gasteiger partial charge in [0.05, 0.1) is 12.5 Å². The highest BCUT2D eigenvalue weighted by Gasteiger charge is 2.32. The molecule has 0 unspecified atom stereocenters. The fourth-order valence-electron chi connectivity index (χ4n) is 5.08. The summed E-state index contributed by atoms with van der Waals surface area (Å²) in [5.41, 5.74) is 0.917. The number of carboxylic acids is 1. The standard InChI is InChI=1S/C30H45NO5/c1-2-3-7-14-26(32)19-17-24-18-20-28(33)27(24)15-10-4-5-11-16-29(34)31-22-25(21-30(35)36)23-12-8-6-9-13-23/h6,8-9,12-13,17,19,24-27,32H,2-5,7,10-11,14-16,18,20-22H2,1H3,(H,31,34)(H,35,36)/b19-17+/t24-,25+,26-,27+/m0/s1. The van der Waals surface area contributed by atoms with Gasteiger partial charge in [0.25, 0.3) is 0 Å². The van der Waals surface area contributed by atoms with Gasteiger partial charge in [0.15, 0.2) is 0 Å². The number of Topliss-reactive ketones (excluding diaryl/α,β-unsaturated/α-hetero) is 1. The lowest BCUT2D eigenvalue weighted by Crippen LogP contribution is -2.29. The van der Waals surface area contributed by atoms with Crippen molar-refractivity contribution >= 4 is 17.7 Å². The second kappa shape index (κ2) is 17.1. The van der Waals surface area contributed by atoms with Crippen LogP contribution < -0.4 is 5.32 Å². The van der Waals surface area contributed by atoms with E-state index < -0.39 is 12.1 Å². The van der Waals surface area contributed by atoms with Gasteiger partial charge in [-0.2, -0.15) is 0 Å². The molecule has 1 saturated carbocycles. The quantitative estimate of drug-likeness (QED) is 0.175. The smallest absolute Gasteiger partial charge is 0.304 e. The van der Waals surface area contributed by atoms with Crippen molar-refractivity contribution in [3.63, 3.8) is 0 Å². The Morgan fingerprint density at radius 1 is 1.08 bits per heavy atom. The van der Waals surface area contributed by atoms with Crippen LogP contribution in [0.4, 0.5) is 0 Å². The molecule has 1 amide bonds. The zero-order valence-corrected chi connectivity index (χ0v) is 21.9. The van der Waals surface area contributed by atoms with Crippen LogP contribution in [0.15, 0.2) is 42.5 Å². The van der Waals surface area contributed by atoms with Crippen molar-refractivity contribution in [3.05, 3.63) is 48.0 Å². The number of hydrogen-bond donors (Lipinski definition) is 3. The summed E-state index contributed by atoms with van der Waals surface area (Å²) in [6.07, 6.45) is 14.1. The zero-order chi connectivity index (χ0) is 26.2. The summed E-state index contributed by atoms with van der Waals surface area (Å²) in [5.74, 6) is -0.506. The molecule has 2 rings (SSSR count). The third kappa shape index (κ3) is 11.5. The number of unbranched alkanes of at least 4 members (excludes halogenated alkanes) is 5. The Morgan fingerprint density at radius 3 is 2.56 bits per heavy atom. The predicted molar refractivity (Wildman–Crippen MR) is 143 cm³/mol. The number of rotatable bonds is 18. The predicted octanol–water partition coefficient (Wildman–Crippen LogP) is 5.79. The first-order valence-corrected chi connectivity index (χ1v) is 13.8. The highest BCUT2D eigenvalue weighted by atomic mass is 16.4. The number of hydrogen-bond acceptors (Lipinski definition) is 4. The summed E-state index contributed by atoms with van der Waals surface area (Å²) in [5, 5.41) is 22.2. The van der Waals surface area contributed by atoms with Crippen molar-refractivity contribution in [1.29, 1.82) is 0 Å². The maximum Gasteiger partial charge on any atom is 0.304 e. The van der Waals surface area contributed by atoms with E-state index in [1.165, 1.54) is 0 Å². The number of benzene rings is 1. The summed E-state index contributed by atoms with van der Waals surface area (Å²) >= 11 is 0. The normalized spacial score (nSPS) is 19.4. The average Bonchev–Trinajstić information content (AvgIpc) is 3.22. The van der Waals surface area contributed by atoms with Gasteiger partial charge in [-0.25, -0.2) is 0 Å². The number of carboxylic acid groups (broad SMARTS) is 1. The third-order valence-electron chi connectivity index (χ3n) is 7.24. The Hall–Kier alpha value is -2.47. The van der Waals surface area contributed by atoms with E-state index in [2.05, 4.69) is 18.3 Å². The van der Waals surface area contributed by atoms with E-state index in [1.807, 2.05) is 36.4 Å². The maximum atomic E-state index is 12.4. The number of carbonyl (C=O) groups excluding carboxylic acids is 2. The number of aliphatic carboxylic acids is 1. The first-order chi connectivity index (χ1) is 17.4. The van der Waals surface area contributed by atoms with E-state index in [0.717, 1.165) is 69.8 Å². The van der Waals surface area contributed by atoms with Crippen LogP contribution in [0.2, 0.25) is 0 Å². The molecule has 1 fully saturated rings. The molecule has 4 atom stereocenters. The van der Waals surface area contributed by atoms with Crippen molar-refractivity contribution in [2.24, 2.45) is 11.8 Å². The van der Waals surface area contributed by atoms with Crippen molar-refractivity contribution in [2.45, 2.75) is 102 Å². The average molecular weight is 500 g/mol. The van der Waals surface area contributed by atoms with Crippen LogP contribution in [0.5, 0.6) is 0 Å². The molecule has 3 N–H and O–H groups in total. The zero-order valence-electron chi connectivity index (χ0n) is 21.9. The minimum Gasteiger partial charge on any atom is -0.481 e. The lowest BCUT2D eigenvalue weighted by molar-refractivity contribution is -0.137. The van der Waals surface area contributed by atoms with Crippen molar-refractivity contribution < 1.29 is 24.6 Å². The molecule has 0 heterocycles. The van der Waals surface area contributed by atoms with Crippen LogP contribution in [0.1, 0.15) is 102 Å². The molecular formula is C30H45NO5. The van der Waals surface area contributed by atoms with Crippen LogP contribution in [0.3, 0.4) is 0 Å². The monoisotopic (exact) mass is 499 g/mol. The van der Waals surface area contributed by atoms with Crippen LogP contribution in [0.25, 0.3) is 0 Å². The minimum absolute atomic E-state index is 0.0157. The topological polar surface area (TPSA) is 104 Å². The summed E-state index contributed by atoms with van der Waals surface area (Å²) in [6.45, 7) is 2.47. The highest BCUT2D eigenvalue weighted by molar-refractivity contribution is 5.83. The van der Waals surface area contributed by atoms with E-state index in [-0.39, 0.29) is 30.1 Å². The fraction of sp³-hybridized carbons (Fsp3) is 0.633. The largest absolute Gasteiger partial charge is 0.481 e. The van der Waals surface area contributed by atoms with Crippen LogP contribution in [0, 0.1) is 11.8 Å². The molecule has 36 heavy (non-hydrogen) atoms. The molecular weight excluding hydrogens is 454 g/mol. The fourth-order valence-corrected chi connectivity index (χ4v) is 5.08. The van der Waals surface area contributed by atoms with Gasteiger partial charge in [0.2, 0.25) is 5.91 Å². The molecule has 6 nitrogen and oxygen atoms in total. The molecule has 6 heteroatoms. The Kier molecular flexibility index (Phi) is 14.1. The summed E-state index contributed by atoms with van der Waals surface area (Å²) in [4.78, 5) is 35.8. The Balaban J connectivity index is 1.63. The van der Waals surface area contributed by atoms with Crippen LogP contribution in [-0.4, -0.2) is 40.5 Å². The van der Waals surface area contributed by atoms with E-state index >= 15 is 0 Å². The number of aliphatic hydroxyl groups excluding tert-OH is 1. The Bertz CT molecular complexity index is 822. The van der Waals surface area contributed by atoms with E-state index in [1.54, 1.807) is 0 Å². The summed E-state index contributed by atoms with van der Waals surface area (Å²) in [6, 6.07) is 9.43. The molecule has 1 aliphatic rings. The van der Waals surface area contributed by atoms with Gasteiger partial charge in [-0.3, -0.25) is 14.4 Å². The second-order valence-electron chi connectivity index (χ2n) is 10.2. The van der Waals surface area contributed by atoms with Crippen LogP contribution >= 0.6 is 0 Å². The summed E-state index contributed by atoms with van der Waals surface area (Å²) in [7, 11) is 0. The van der Waals surface area contributed by atoms with Gasteiger partial charge < -0.3 is 15.5 Å². The maximum absolute atomic E-state index is 12.4. The van der Waals surface area contributed by atoms with Gasteiger partial charge in [-0.05, 0) is 37.2 Å². The number of aliphatic hydroxyl groups is 1.